The van der Waals surface area contributed by atoms with Gasteiger partial charge in [0.05, 0.1) is 31.3 Å². The molecule has 0 spiro atoms. The molecule has 2 fully saturated rings. The molecule has 0 atom stereocenters. The van der Waals surface area contributed by atoms with Crippen LogP contribution in [0.15, 0.2) is 29.3 Å². The van der Waals surface area contributed by atoms with E-state index in [1.165, 1.54) is 11.1 Å². The summed E-state index contributed by atoms with van der Waals surface area (Å²) in [6.45, 7) is 10.7. The second-order valence-electron chi connectivity index (χ2n) is 7.77. The number of hydrogen-bond donors (Lipinski definition) is 2. The molecule has 2 N–H and O–H groups in total. The first-order valence-electron chi connectivity index (χ1n) is 10.9. The van der Waals surface area contributed by atoms with E-state index >= 15 is 0 Å². The number of benzene rings is 1. The first-order valence-corrected chi connectivity index (χ1v) is 12.7. The van der Waals surface area contributed by atoms with Crippen LogP contribution in [0.5, 0.6) is 0 Å². The predicted octanol–water partition coefficient (Wildman–Crippen LogP) is 0.922. The number of ether oxygens (including phenoxy) is 1. The lowest BCUT2D eigenvalue weighted by atomic mass is 10.1. The van der Waals surface area contributed by atoms with Crippen LogP contribution in [0.1, 0.15) is 18.1 Å². The molecule has 2 aliphatic heterocycles. The highest BCUT2D eigenvalue weighted by molar-refractivity contribution is 14.0. The normalized spacial score (nSPS) is 20.1. The highest BCUT2D eigenvalue weighted by Crippen LogP contribution is 2.14. The summed E-state index contributed by atoms with van der Waals surface area (Å²) in [5, 5.41) is 6.68. The Morgan fingerprint density at radius 2 is 1.71 bits per heavy atom. The molecule has 0 radical (unpaired) electrons. The molecule has 0 bridgehead atoms. The van der Waals surface area contributed by atoms with Gasteiger partial charge in [0.25, 0.3) is 0 Å². The van der Waals surface area contributed by atoms with Crippen LogP contribution in [0.4, 0.5) is 0 Å². The molecular formula is C21H36IN5O3S. The Bertz CT molecular complexity index is 786. The van der Waals surface area contributed by atoms with Gasteiger partial charge in [-0.2, -0.15) is 0 Å². The Morgan fingerprint density at radius 1 is 1.03 bits per heavy atom. The molecule has 176 valence electrons. The number of hydrogen-bond acceptors (Lipinski definition) is 6. The molecule has 0 unspecified atom stereocenters. The van der Waals surface area contributed by atoms with E-state index in [2.05, 4.69) is 51.6 Å². The predicted molar refractivity (Wildman–Crippen MR) is 136 cm³/mol. The maximum absolute atomic E-state index is 11.6. The van der Waals surface area contributed by atoms with Crippen molar-refractivity contribution in [3.8, 4) is 0 Å². The number of nitrogens with zero attached hydrogens (tertiary/aromatic N) is 3. The minimum Gasteiger partial charge on any atom is -0.379 e. The standard InChI is InChI=1S/C21H35N5O3S.HI/c1-2-22-21(23-7-8-25-11-15-30(27,28)16-12-25)24-17-19-5-3-4-6-20(19)18-26-9-13-29-14-10-26;/h3-6H,2,7-18H2,1H3,(H2,22,23,24);1H. The van der Waals surface area contributed by atoms with Crippen LogP contribution in [0.3, 0.4) is 0 Å². The van der Waals surface area contributed by atoms with Crippen molar-refractivity contribution in [3.05, 3.63) is 35.4 Å². The molecule has 0 aliphatic carbocycles. The van der Waals surface area contributed by atoms with Gasteiger partial charge in [0, 0.05) is 52.4 Å². The van der Waals surface area contributed by atoms with E-state index in [9.17, 15) is 8.42 Å². The van der Waals surface area contributed by atoms with Crippen molar-refractivity contribution < 1.29 is 13.2 Å². The van der Waals surface area contributed by atoms with Crippen molar-refractivity contribution in [2.24, 2.45) is 4.99 Å². The summed E-state index contributed by atoms with van der Waals surface area (Å²) in [4.78, 5) is 9.39. The zero-order valence-electron chi connectivity index (χ0n) is 18.4. The monoisotopic (exact) mass is 565 g/mol. The largest absolute Gasteiger partial charge is 0.379 e. The lowest BCUT2D eigenvalue weighted by molar-refractivity contribution is 0.0341. The summed E-state index contributed by atoms with van der Waals surface area (Å²) < 4.78 is 28.6. The fraction of sp³-hybridized carbons (Fsp3) is 0.667. The van der Waals surface area contributed by atoms with Crippen LogP contribution in [-0.2, 0) is 27.7 Å². The highest BCUT2D eigenvalue weighted by atomic mass is 127. The van der Waals surface area contributed by atoms with Gasteiger partial charge in [-0.15, -0.1) is 24.0 Å². The Morgan fingerprint density at radius 3 is 2.39 bits per heavy atom. The van der Waals surface area contributed by atoms with Gasteiger partial charge >= 0.3 is 0 Å². The SMILES string of the molecule is CCNC(=NCc1ccccc1CN1CCOCC1)NCCN1CCS(=O)(=O)CC1.I. The van der Waals surface area contributed by atoms with Gasteiger partial charge < -0.3 is 15.4 Å². The zero-order chi connectivity index (χ0) is 21.2. The van der Waals surface area contributed by atoms with Gasteiger partial charge in [0.15, 0.2) is 15.8 Å². The van der Waals surface area contributed by atoms with Crippen molar-refractivity contribution >= 4 is 39.8 Å². The average Bonchev–Trinajstić information content (AvgIpc) is 2.75. The summed E-state index contributed by atoms with van der Waals surface area (Å²) in [6, 6.07) is 8.49. The van der Waals surface area contributed by atoms with Crippen LogP contribution < -0.4 is 10.6 Å². The molecule has 3 rings (SSSR count). The Hall–Kier alpha value is -0.950. The molecule has 2 heterocycles. The molecule has 0 aromatic heterocycles. The topological polar surface area (TPSA) is 86.3 Å². The molecular weight excluding hydrogens is 529 g/mol. The summed E-state index contributed by atoms with van der Waals surface area (Å²) in [7, 11) is -2.83. The van der Waals surface area contributed by atoms with Gasteiger partial charge in [-0.1, -0.05) is 24.3 Å². The summed E-state index contributed by atoms with van der Waals surface area (Å²) >= 11 is 0. The molecule has 8 nitrogen and oxygen atoms in total. The molecule has 1 aromatic carbocycles. The third-order valence-electron chi connectivity index (χ3n) is 5.53. The number of aliphatic imine (C=N–C) groups is 1. The first kappa shape index (κ1) is 26.3. The van der Waals surface area contributed by atoms with E-state index in [1.807, 2.05) is 0 Å². The average molecular weight is 566 g/mol. The van der Waals surface area contributed by atoms with Crippen molar-refractivity contribution in [3.63, 3.8) is 0 Å². The lowest BCUT2D eigenvalue weighted by Gasteiger charge is -2.27. The zero-order valence-corrected chi connectivity index (χ0v) is 21.5. The quantitative estimate of drug-likeness (QED) is 0.276. The second-order valence-corrected chi connectivity index (χ2v) is 10.1. The fourth-order valence-electron chi connectivity index (χ4n) is 3.68. The Balaban J connectivity index is 0.00000341. The number of rotatable bonds is 8. The van der Waals surface area contributed by atoms with Crippen LogP contribution in [0.2, 0.25) is 0 Å². The maximum atomic E-state index is 11.6. The van der Waals surface area contributed by atoms with E-state index in [1.54, 1.807) is 0 Å². The fourth-order valence-corrected chi connectivity index (χ4v) is 4.96. The lowest BCUT2D eigenvalue weighted by Crippen LogP contribution is -2.45. The highest BCUT2D eigenvalue weighted by Gasteiger charge is 2.21. The van der Waals surface area contributed by atoms with E-state index < -0.39 is 9.84 Å². The number of nitrogens with one attached hydrogen (secondary N) is 2. The third-order valence-corrected chi connectivity index (χ3v) is 7.13. The van der Waals surface area contributed by atoms with Gasteiger partial charge in [-0.3, -0.25) is 9.80 Å². The van der Waals surface area contributed by atoms with Crippen molar-refractivity contribution in [1.82, 2.24) is 20.4 Å². The number of sulfone groups is 1. The van der Waals surface area contributed by atoms with Crippen LogP contribution in [0.25, 0.3) is 0 Å². The van der Waals surface area contributed by atoms with Gasteiger partial charge in [0.2, 0.25) is 0 Å². The first-order chi connectivity index (χ1) is 14.6. The molecule has 31 heavy (non-hydrogen) atoms. The molecule has 1 aromatic rings. The van der Waals surface area contributed by atoms with Crippen molar-refractivity contribution in [2.45, 2.75) is 20.0 Å². The van der Waals surface area contributed by atoms with Crippen molar-refractivity contribution in [2.75, 3.05) is 70.5 Å². The van der Waals surface area contributed by atoms with E-state index in [0.29, 0.717) is 19.6 Å². The number of halogens is 1. The van der Waals surface area contributed by atoms with E-state index in [-0.39, 0.29) is 35.5 Å². The van der Waals surface area contributed by atoms with Gasteiger partial charge in [0.1, 0.15) is 0 Å². The number of guanidine groups is 1. The Labute approximate surface area is 203 Å². The van der Waals surface area contributed by atoms with Crippen LogP contribution >= 0.6 is 24.0 Å². The van der Waals surface area contributed by atoms with E-state index in [4.69, 9.17) is 9.73 Å². The molecule has 0 amide bonds. The third kappa shape index (κ3) is 9.21. The van der Waals surface area contributed by atoms with Gasteiger partial charge in [-0.05, 0) is 18.1 Å². The second kappa shape index (κ2) is 13.6. The molecule has 2 saturated heterocycles. The molecule has 10 heteroatoms. The minimum atomic E-state index is -2.83. The minimum absolute atomic E-state index is 0. The van der Waals surface area contributed by atoms with Gasteiger partial charge in [-0.25, -0.2) is 13.4 Å². The van der Waals surface area contributed by atoms with Crippen LogP contribution in [-0.4, -0.2) is 94.7 Å². The Kier molecular flexibility index (Phi) is 11.5. The number of morpholine rings is 1. The summed E-state index contributed by atoms with van der Waals surface area (Å²) in [6.07, 6.45) is 0. The van der Waals surface area contributed by atoms with Crippen molar-refractivity contribution in [1.29, 1.82) is 0 Å². The summed E-state index contributed by atoms with van der Waals surface area (Å²) in [5.41, 5.74) is 2.55. The van der Waals surface area contributed by atoms with E-state index in [0.717, 1.165) is 58.4 Å². The summed E-state index contributed by atoms with van der Waals surface area (Å²) in [5.74, 6) is 1.32. The molecule has 2 aliphatic rings. The smallest absolute Gasteiger partial charge is 0.191 e. The van der Waals surface area contributed by atoms with Crippen LogP contribution in [0, 0.1) is 0 Å². The maximum Gasteiger partial charge on any atom is 0.191 e. The molecule has 0 saturated carbocycles.